The Labute approximate surface area is 90.2 Å². The summed E-state index contributed by atoms with van der Waals surface area (Å²) in [5.41, 5.74) is 3.21. The molecule has 0 radical (unpaired) electrons. The van der Waals surface area contributed by atoms with E-state index in [0.29, 0.717) is 0 Å². The van der Waals surface area contributed by atoms with Crippen molar-refractivity contribution in [2.45, 2.75) is 24.4 Å². The second kappa shape index (κ2) is 3.23. The van der Waals surface area contributed by atoms with E-state index in [9.17, 15) is 18.0 Å². The number of primary amides is 1. The maximum atomic E-state index is 12.9. The number of hydrogen-bond acceptors (Lipinski definition) is 1. The normalized spacial score (nSPS) is 18.2. The Morgan fingerprint density at radius 2 is 1.81 bits per heavy atom. The van der Waals surface area contributed by atoms with Gasteiger partial charge in [0.2, 0.25) is 5.91 Å². The zero-order chi connectivity index (χ0) is 12.0. The Morgan fingerprint density at radius 3 is 2.25 bits per heavy atom. The van der Waals surface area contributed by atoms with E-state index in [0.717, 1.165) is 0 Å². The minimum atomic E-state index is -4.32. The van der Waals surface area contributed by atoms with E-state index in [1.165, 1.54) is 24.3 Å². The molecule has 1 saturated carbocycles. The molecule has 0 spiro atoms. The van der Waals surface area contributed by atoms with Crippen molar-refractivity contribution >= 4 is 5.91 Å². The van der Waals surface area contributed by atoms with Crippen molar-refractivity contribution in [3.63, 3.8) is 0 Å². The molecule has 1 fully saturated rings. The topological polar surface area (TPSA) is 43.1 Å². The minimum Gasteiger partial charge on any atom is -0.366 e. The van der Waals surface area contributed by atoms with E-state index >= 15 is 0 Å². The van der Waals surface area contributed by atoms with Gasteiger partial charge in [-0.2, -0.15) is 13.2 Å². The Hall–Kier alpha value is -1.52. The Bertz CT molecular complexity index is 435. The Kier molecular flexibility index (Phi) is 2.22. The molecule has 0 unspecified atom stereocenters. The second-order valence-electron chi connectivity index (χ2n) is 3.99. The van der Waals surface area contributed by atoms with Crippen LogP contribution in [0.2, 0.25) is 0 Å². The van der Waals surface area contributed by atoms with E-state index in [-0.39, 0.29) is 24.0 Å². The zero-order valence-electron chi connectivity index (χ0n) is 8.34. The lowest BCUT2D eigenvalue weighted by molar-refractivity contribution is -0.160. The molecule has 1 aliphatic rings. The quantitative estimate of drug-likeness (QED) is 0.831. The van der Waals surface area contributed by atoms with Crippen LogP contribution in [0.1, 0.15) is 28.8 Å². The highest BCUT2D eigenvalue weighted by molar-refractivity contribution is 5.95. The van der Waals surface area contributed by atoms with Crippen LogP contribution < -0.4 is 5.73 Å². The maximum absolute atomic E-state index is 12.9. The molecule has 2 nitrogen and oxygen atoms in total. The lowest BCUT2D eigenvalue weighted by atomic mass is 9.90. The largest absolute Gasteiger partial charge is 0.398 e. The summed E-state index contributed by atoms with van der Waals surface area (Å²) in [6.07, 6.45) is -4.26. The van der Waals surface area contributed by atoms with Gasteiger partial charge < -0.3 is 5.73 Å². The first-order valence-electron chi connectivity index (χ1n) is 4.84. The van der Waals surface area contributed by atoms with Gasteiger partial charge in [0.1, 0.15) is 0 Å². The van der Waals surface area contributed by atoms with Crippen LogP contribution in [0.15, 0.2) is 24.3 Å². The van der Waals surface area contributed by atoms with Crippen molar-refractivity contribution in [3.05, 3.63) is 35.4 Å². The Balaban J connectivity index is 2.53. The average Bonchev–Trinajstić information content (AvgIpc) is 2.97. The van der Waals surface area contributed by atoms with Gasteiger partial charge in [-0.1, -0.05) is 18.2 Å². The van der Waals surface area contributed by atoms with E-state index in [4.69, 9.17) is 5.73 Å². The van der Waals surface area contributed by atoms with Crippen LogP contribution in [0.25, 0.3) is 0 Å². The van der Waals surface area contributed by atoms with E-state index in [2.05, 4.69) is 0 Å². The number of nitrogens with two attached hydrogens (primary N) is 1. The molecule has 1 aromatic carbocycles. The summed E-state index contributed by atoms with van der Waals surface area (Å²) in [5.74, 6) is -0.814. The highest BCUT2D eigenvalue weighted by Crippen LogP contribution is 2.59. The number of alkyl halides is 3. The van der Waals surface area contributed by atoms with E-state index < -0.39 is 17.5 Å². The van der Waals surface area contributed by atoms with Crippen molar-refractivity contribution in [3.8, 4) is 0 Å². The third-order valence-electron chi connectivity index (χ3n) is 3.00. The molecule has 0 atom stereocenters. The molecular weight excluding hydrogens is 219 g/mol. The van der Waals surface area contributed by atoms with Gasteiger partial charge in [-0.25, -0.2) is 0 Å². The van der Waals surface area contributed by atoms with Crippen LogP contribution in [0.3, 0.4) is 0 Å². The average molecular weight is 229 g/mol. The molecule has 5 heteroatoms. The van der Waals surface area contributed by atoms with Crippen LogP contribution in [-0.2, 0) is 5.41 Å². The fourth-order valence-corrected chi connectivity index (χ4v) is 1.95. The lowest BCUT2D eigenvalue weighted by Gasteiger charge is -2.21. The molecule has 1 aromatic rings. The minimum absolute atomic E-state index is 0.00926. The first kappa shape index (κ1) is 11.0. The molecule has 0 aromatic heterocycles. The molecule has 0 saturated heterocycles. The van der Waals surface area contributed by atoms with Crippen LogP contribution in [0.5, 0.6) is 0 Å². The van der Waals surface area contributed by atoms with Gasteiger partial charge in [0.15, 0.2) is 0 Å². The molecule has 0 heterocycles. The standard InChI is InChI=1S/C11H10F3NO/c12-11(13,14)10(5-6-10)8-4-2-1-3-7(8)9(15)16/h1-4H,5-6H2,(H2,15,16). The fraction of sp³-hybridized carbons (Fsp3) is 0.364. The zero-order valence-corrected chi connectivity index (χ0v) is 8.34. The fourth-order valence-electron chi connectivity index (χ4n) is 1.95. The molecule has 1 aliphatic carbocycles. The number of amides is 1. The highest BCUT2D eigenvalue weighted by atomic mass is 19.4. The third-order valence-corrected chi connectivity index (χ3v) is 3.00. The highest BCUT2D eigenvalue weighted by Gasteiger charge is 2.64. The van der Waals surface area contributed by atoms with E-state index in [1.54, 1.807) is 0 Å². The van der Waals surface area contributed by atoms with Gasteiger partial charge in [0, 0.05) is 5.56 Å². The van der Waals surface area contributed by atoms with Crippen molar-refractivity contribution < 1.29 is 18.0 Å². The van der Waals surface area contributed by atoms with Gasteiger partial charge >= 0.3 is 6.18 Å². The predicted octanol–water partition coefficient (Wildman–Crippen LogP) is 2.38. The van der Waals surface area contributed by atoms with Gasteiger partial charge in [0.05, 0.1) is 5.41 Å². The number of halogens is 3. The number of hydrogen-bond donors (Lipinski definition) is 1. The van der Waals surface area contributed by atoms with Gasteiger partial charge in [-0.3, -0.25) is 4.79 Å². The SMILES string of the molecule is NC(=O)c1ccccc1C1(C(F)(F)F)CC1. The number of rotatable bonds is 2. The molecule has 16 heavy (non-hydrogen) atoms. The smallest absolute Gasteiger partial charge is 0.366 e. The molecular formula is C11H10F3NO. The molecule has 0 bridgehead atoms. The number of carbonyl (C=O) groups is 1. The summed E-state index contributed by atoms with van der Waals surface area (Å²) in [6.45, 7) is 0. The number of benzene rings is 1. The Morgan fingerprint density at radius 1 is 1.25 bits per heavy atom. The second-order valence-corrected chi connectivity index (χ2v) is 3.99. The summed E-state index contributed by atoms with van der Waals surface area (Å²) in [4.78, 5) is 11.1. The summed E-state index contributed by atoms with van der Waals surface area (Å²) >= 11 is 0. The molecule has 0 aliphatic heterocycles. The monoisotopic (exact) mass is 229 g/mol. The molecule has 1 amide bonds. The third kappa shape index (κ3) is 1.47. The lowest BCUT2D eigenvalue weighted by Crippen LogP contribution is -2.31. The molecule has 86 valence electrons. The van der Waals surface area contributed by atoms with E-state index in [1.807, 2.05) is 0 Å². The van der Waals surface area contributed by atoms with Crippen LogP contribution >= 0.6 is 0 Å². The summed E-state index contributed by atoms with van der Waals surface area (Å²) < 4.78 is 38.6. The summed E-state index contributed by atoms with van der Waals surface area (Å²) in [5, 5.41) is 0. The van der Waals surface area contributed by atoms with Crippen molar-refractivity contribution in [2.75, 3.05) is 0 Å². The van der Waals surface area contributed by atoms with Crippen LogP contribution in [0, 0.1) is 0 Å². The maximum Gasteiger partial charge on any atom is 0.398 e. The molecule has 2 rings (SSSR count). The van der Waals surface area contributed by atoms with Crippen LogP contribution in [0.4, 0.5) is 13.2 Å². The van der Waals surface area contributed by atoms with Crippen molar-refractivity contribution in [1.29, 1.82) is 0 Å². The molecule has 2 N–H and O–H groups in total. The van der Waals surface area contributed by atoms with Crippen molar-refractivity contribution in [2.24, 2.45) is 5.73 Å². The first-order valence-corrected chi connectivity index (χ1v) is 4.84. The van der Waals surface area contributed by atoms with Crippen LogP contribution in [-0.4, -0.2) is 12.1 Å². The first-order chi connectivity index (χ1) is 7.38. The van der Waals surface area contributed by atoms with Gasteiger partial charge in [-0.15, -0.1) is 0 Å². The van der Waals surface area contributed by atoms with Gasteiger partial charge in [-0.05, 0) is 24.5 Å². The van der Waals surface area contributed by atoms with Gasteiger partial charge in [0.25, 0.3) is 0 Å². The predicted molar refractivity (Wildman–Crippen MR) is 51.9 cm³/mol. The number of carbonyl (C=O) groups excluding carboxylic acids is 1. The summed E-state index contributed by atoms with van der Waals surface area (Å²) in [7, 11) is 0. The van der Waals surface area contributed by atoms with Crippen molar-refractivity contribution in [1.82, 2.24) is 0 Å². The summed E-state index contributed by atoms with van der Waals surface area (Å²) in [6, 6.07) is 5.67.